The van der Waals surface area contributed by atoms with Gasteiger partial charge >= 0.3 is 0 Å². The maximum absolute atomic E-state index is 13.3. The zero-order chi connectivity index (χ0) is 29.0. The molecule has 0 radical (unpaired) electrons. The highest BCUT2D eigenvalue weighted by molar-refractivity contribution is 7.91. The summed E-state index contributed by atoms with van der Waals surface area (Å²) in [6, 6.07) is 17.4. The second-order valence-corrected chi connectivity index (χ2v) is 12.8. The summed E-state index contributed by atoms with van der Waals surface area (Å²) in [5.41, 5.74) is 5.06. The number of carbonyl (C=O) groups excluding carboxylic acids is 1. The van der Waals surface area contributed by atoms with Crippen molar-refractivity contribution in [3.8, 4) is 11.8 Å². The van der Waals surface area contributed by atoms with E-state index in [4.69, 9.17) is 9.72 Å². The summed E-state index contributed by atoms with van der Waals surface area (Å²) in [6.45, 7) is 11.3. The van der Waals surface area contributed by atoms with Gasteiger partial charge in [-0.1, -0.05) is 46.8 Å². The van der Waals surface area contributed by atoms with Gasteiger partial charge in [0, 0.05) is 22.6 Å². The van der Waals surface area contributed by atoms with Crippen molar-refractivity contribution in [2.24, 2.45) is 0 Å². The highest BCUT2D eigenvalue weighted by Crippen LogP contribution is 2.39. The molecule has 0 saturated carbocycles. The van der Waals surface area contributed by atoms with Gasteiger partial charge < -0.3 is 15.0 Å². The number of amides is 1. The fraction of sp³-hybridized carbons (Fsp3) is 0.387. The van der Waals surface area contributed by atoms with Crippen molar-refractivity contribution in [1.29, 1.82) is 5.26 Å². The van der Waals surface area contributed by atoms with Gasteiger partial charge in [0.05, 0.1) is 41.4 Å². The molecule has 2 heterocycles. The Labute approximate surface area is 236 Å². The van der Waals surface area contributed by atoms with Crippen LogP contribution < -0.4 is 15.0 Å². The normalized spacial score (nSPS) is 13.9. The number of aromatic nitrogens is 1. The number of benzene rings is 2. The smallest absolute Gasteiger partial charge is 0.251 e. The van der Waals surface area contributed by atoms with E-state index in [0.717, 1.165) is 22.8 Å². The lowest BCUT2D eigenvalue weighted by atomic mass is 10.0. The number of nitriles is 1. The van der Waals surface area contributed by atoms with Crippen LogP contribution in [0.1, 0.15) is 86.2 Å². The van der Waals surface area contributed by atoms with Crippen LogP contribution in [0.2, 0.25) is 0 Å². The summed E-state index contributed by atoms with van der Waals surface area (Å²) < 4.78 is 30.3. The average Bonchev–Trinajstić information content (AvgIpc) is 2.96. The molecule has 9 heteroatoms. The summed E-state index contributed by atoms with van der Waals surface area (Å²) in [4.78, 5) is 20.5. The van der Waals surface area contributed by atoms with Crippen LogP contribution in [0.4, 0.5) is 11.4 Å². The molecule has 40 heavy (non-hydrogen) atoms. The molecule has 210 valence electrons. The van der Waals surface area contributed by atoms with E-state index in [-0.39, 0.29) is 34.8 Å². The molecule has 0 bridgehead atoms. The predicted octanol–water partition coefficient (Wildman–Crippen LogP) is 6.04. The first kappa shape index (κ1) is 29.1. The van der Waals surface area contributed by atoms with E-state index in [9.17, 15) is 18.5 Å². The number of nitrogens with one attached hydrogen (secondary N) is 1. The SMILES string of the molecule is CCS(=O)(=O)c1ccc([C@H](CC#N)NC(=O)c2ccc3c(c2)OCCN3c2cc(C(C)C)nc(C(C)C)c2)cc1. The number of sulfone groups is 1. The topological polar surface area (TPSA) is 112 Å². The number of nitrogens with zero attached hydrogens (tertiary/aromatic N) is 3. The zero-order valence-corrected chi connectivity index (χ0v) is 24.5. The number of ether oxygens (including phenoxy) is 1. The van der Waals surface area contributed by atoms with E-state index in [2.05, 4.69) is 56.1 Å². The number of hydrogen-bond acceptors (Lipinski definition) is 7. The molecule has 0 fully saturated rings. The molecule has 0 saturated heterocycles. The molecule has 1 N–H and O–H groups in total. The van der Waals surface area contributed by atoms with Gasteiger partial charge in [0.25, 0.3) is 5.91 Å². The molecule has 1 atom stereocenters. The van der Waals surface area contributed by atoms with Crippen molar-refractivity contribution in [2.45, 2.75) is 63.8 Å². The van der Waals surface area contributed by atoms with E-state index < -0.39 is 15.9 Å². The summed E-state index contributed by atoms with van der Waals surface area (Å²) in [5, 5.41) is 12.3. The van der Waals surface area contributed by atoms with Crippen molar-refractivity contribution < 1.29 is 17.9 Å². The molecular formula is C31H36N4O4S. The Bertz CT molecular complexity index is 1500. The van der Waals surface area contributed by atoms with Crippen molar-refractivity contribution in [3.05, 3.63) is 77.1 Å². The van der Waals surface area contributed by atoms with Crippen LogP contribution in [0.5, 0.6) is 5.75 Å². The third-order valence-corrected chi connectivity index (χ3v) is 8.80. The molecule has 8 nitrogen and oxygen atoms in total. The second kappa shape index (κ2) is 12.1. The Kier molecular flexibility index (Phi) is 8.79. The number of hydrogen-bond donors (Lipinski definition) is 1. The first-order valence-electron chi connectivity index (χ1n) is 13.6. The van der Waals surface area contributed by atoms with Crippen LogP contribution >= 0.6 is 0 Å². The van der Waals surface area contributed by atoms with E-state index in [1.807, 2.05) is 6.07 Å². The molecular weight excluding hydrogens is 524 g/mol. The summed E-state index contributed by atoms with van der Waals surface area (Å²) in [7, 11) is -3.34. The van der Waals surface area contributed by atoms with Crippen molar-refractivity contribution in [2.75, 3.05) is 23.8 Å². The molecule has 0 spiro atoms. The Morgan fingerprint density at radius 1 is 1.05 bits per heavy atom. The van der Waals surface area contributed by atoms with E-state index in [1.54, 1.807) is 31.2 Å². The maximum Gasteiger partial charge on any atom is 0.251 e. The van der Waals surface area contributed by atoms with Crippen LogP contribution in [0.15, 0.2) is 59.5 Å². The minimum absolute atomic E-state index is 0.00146. The minimum atomic E-state index is -3.34. The predicted molar refractivity (Wildman–Crippen MR) is 156 cm³/mol. The lowest BCUT2D eigenvalue weighted by Crippen LogP contribution is -2.30. The molecule has 0 aliphatic carbocycles. The Morgan fingerprint density at radius 3 is 2.27 bits per heavy atom. The van der Waals surface area contributed by atoms with Gasteiger partial charge in [0.2, 0.25) is 0 Å². The first-order valence-corrected chi connectivity index (χ1v) is 15.3. The molecule has 3 aromatic rings. The van der Waals surface area contributed by atoms with Gasteiger partial charge in [-0.25, -0.2) is 8.42 Å². The number of pyridine rings is 1. The third kappa shape index (κ3) is 6.28. The Morgan fingerprint density at radius 2 is 1.70 bits per heavy atom. The maximum atomic E-state index is 13.3. The zero-order valence-electron chi connectivity index (χ0n) is 23.6. The van der Waals surface area contributed by atoms with E-state index in [1.165, 1.54) is 12.1 Å². The highest BCUT2D eigenvalue weighted by atomic mass is 32.2. The first-order chi connectivity index (χ1) is 19.0. The summed E-state index contributed by atoms with van der Waals surface area (Å²) >= 11 is 0. The fourth-order valence-electron chi connectivity index (χ4n) is 4.59. The number of carbonyl (C=O) groups is 1. The van der Waals surface area contributed by atoms with Crippen LogP contribution in [-0.2, 0) is 9.84 Å². The van der Waals surface area contributed by atoms with Crippen molar-refractivity contribution in [1.82, 2.24) is 10.3 Å². The van der Waals surface area contributed by atoms with Crippen molar-refractivity contribution in [3.63, 3.8) is 0 Å². The van der Waals surface area contributed by atoms with Crippen LogP contribution in [0, 0.1) is 11.3 Å². The second-order valence-electron chi connectivity index (χ2n) is 10.5. The third-order valence-electron chi connectivity index (χ3n) is 7.05. The largest absolute Gasteiger partial charge is 0.490 e. The van der Waals surface area contributed by atoms with Gasteiger partial charge in [-0.15, -0.1) is 0 Å². The number of rotatable bonds is 9. The average molecular weight is 561 g/mol. The van der Waals surface area contributed by atoms with E-state index >= 15 is 0 Å². The molecule has 0 unspecified atom stereocenters. The molecule has 1 aliphatic heterocycles. The number of fused-ring (bicyclic) bond motifs is 1. The monoisotopic (exact) mass is 560 g/mol. The van der Waals surface area contributed by atoms with Gasteiger partial charge in [0.15, 0.2) is 9.84 Å². The summed E-state index contributed by atoms with van der Waals surface area (Å²) in [5.74, 6) is 0.845. The standard InChI is InChI=1S/C31H36N4O4S/c1-6-40(37,38)25-10-7-22(8-11-25)26(13-14-32)34-31(36)23-9-12-29-30(17-23)39-16-15-35(29)24-18-27(20(2)3)33-28(19-24)21(4)5/h7-12,17-21,26H,6,13,15-16H2,1-5H3,(H,34,36)/t26-/m0/s1. The summed E-state index contributed by atoms with van der Waals surface area (Å²) in [6.07, 6.45) is 0.0409. The molecule has 1 aliphatic rings. The van der Waals surface area contributed by atoms with Crippen molar-refractivity contribution >= 4 is 27.1 Å². The van der Waals surface area contributed by atoms with Gasteiger partial charge in [-0.05, 0) is 59.9 Å². The quantitative estimate of drug-likeness (QED) is 0.340. The highest BCUT2D eigenvalue weighted by Gasteiger charge is 2.24. The lowest BCUT2D eigenvalue weighted by molar-refractivity contribution is 0.0936. The molecule has 1 aromatic heterocycles. The molecule has 4 rings (SSSR count). The van der Waals surface area contributed by atoms with Crippen LogP contribution in [0.25, 0.3) is 0 Å². The van der Waals surface area contributed by atoms with Gasteiger partial charge in [-0.2, -0.15) is 5.26 Å². The molecule has 2 aromatic carbocycles. The van der Waals surface area contributed by atoms with Crippen LogP contribution in [-0.4, -0.2) is 38.2 Å². The number of anilines is 2. The van der Waals surface area contributed by atoms with Gasteiger partial charge in [0.1, 0.15) is 12.4 Å². The van der Waals surface area contributed by atoms with E-state index in [0.29, 0.717) is 30.0 Å². The Balaban J connectivity index is 1.59. The Hall–Kier alpha value is -3.90. The van der Waals surface area contributed by atoms with Crippen LogP contribution in [0.3, 0.4) is 0 Å². The minimum Gasteiger partial charge on any atom is -0.490 e. The van der Waals surface area contributed by atoms with Gasteiger partial charge in [-0.3, -0.25) is 9.78 Å². The molecule has 1 amide bonds. The fourth-order valence-corrected chi connectivity index (χ4v) is 5.48. The lowest BCUT2D eigenvalue weighted by Gasteiger charge is -2.32.